The molecule has 0 fully saturated rings. The highest BCUT2D eigenvalue weighted by Crippen LogP contribution is 2.21. The van der Waals surface area contributed by atoms with Crippen LogP contribution in [0.1, 0.15) is 31.8 Å². The van der Waals surface area contributed by atoms with Crippen LogP contribution in [0.15, 0.2) is 40.9 Å². The summed E-state index contributed by atoms with van der Waals surface area (Å²) in [5.41, 5.74) is 2.27. The summed E-state index contributed by atoms with van der Waals surface area (Å²) in [7, 11) is 0. The zero-order valence-electron chi connectivity index (χ0n) is 11.0. The number of ketones is 1. The smallest absolute Gasteiger partial charge is 0.251 e. The lowest BCUT2D eigenvalue weighted by atomic mass is 9.94. The first-order valence-corrected chi connectivity index (χ1v) is 7.26. The van der Waals surface area contributed by atoms with E-state index < -0.39 is 5.82 Å². The highest BCUT2D eigenvalue weighted by atomic mass is 79.9. The Balaban J connectivity index is 2.00. The number of carbonyl (C=O) groups excluding carboxylic acids is 2. The minimum atomic E-state index is -0.420. The molecular formula is C16H11BrFNO2. The highest BCUT2D eigenvalue weighted by Gasteiger charge is 2.19. The molecule has 2 aromatic carbocycles. The Kier molecular flexibility index (Phi) is 3.59. The van der Waals surface area contributed by atoms with Gasteiger partial charge < -0.3 is 5.32 Å². The maximum absolute atomic E-state index is 13.2. The van der Waals surface area contributed by atoms with Gasteiger partial charge in [0.1, 0.15) is 5.82 Å². The normalized spacial score (nSPS) is 13.5. The molecule has 0 radical (unpaired) electrons. The van der Waals surface area contributed by atoms with Crippen LogP contribution in [0.2, 0.25) is 0 Å². The third kappa shape index (κ3) is 2.61. The summed E-state index contributed by atoms with van der Waals surface area (Å²) < 4.78 is 13.5. The Bertz CT molecular complexity index is 758. The maximum Gasteiger partial charge on any atom is 0.251 e. The van der Waals surface area contributed by atoms with Gasteiger partial charge >= 0.3 is 0 Å². The molecule has 21 heavy (non-hydrogen) atoms. The number of halogens is 2. The molecule has 1 amide bonds. The van der Waals surface area contributed by atoms with Crippen LogP contribution in [0, 0.1) is 5.82 Å². The van der Waals surface area contributed by atoms with E-state index in [9.17, 15) is 14.0 Å². The first-order valence-electron chi connectivity index (χ1n) is 6.47. The van der Waals surface area contributed by atoms with Crippen molar-refractivity contribution in [3.05, 3.63) is 68.9 Å². The van der Waals surface area contributed by atoms with Crippen LogP contribution in [0.3, 0.4) is 0 Å². The van der Waals surface area contributed by atoms with Crippen molar-refractivity contribution in [1.82, 2.24) is 5.32 Å². The Morgan fingerprint density at radius 1 is 1.14 bits per heavy atom. The largest absolute Gasteiger partial charge is 0.352 e. The van der Waals surface area contributed by atoms with Gasteiger partial charge in [-0.2, -0.15) is 0 Å². The molecule has 0 aliphatic carbocycles. The predicted octanol–water partition coefficient (Wildman–Crippen LogP) is 3.11. The number of hydrogen-bond donors (Lipinski definition) is 1. The van der Waals surface area contributed by atoms with Crippen LogP contribution in [0.25, 0.3) is 0 Å². The van der Waals surface area contributed by atoms with E-state index in [0.29, 0.717) is 23.2 Å². The quantitative estimate of drug-likeness (QED) is 0.848. The van der Waals surface area contributed by atoms with Crippen molar-refractivity contribution in [2.24, 2.45) is 0 Å². The molecule has 0 spiro atoms. The number of carbonyl (C=O) groups is 2. The lowest BCUT2D eigenvalue weighted by Gasteiger charge is -2.16. The van der Waals surface area contributed by atoms with Crippen LogP contribution < -0.4 is 5.32 Å². The van der Waals surface area contributed by atoms with Crippen LogP contribution in [-0.2, 0) is 6.42 Å². The molecule has 2 aromatic rings. The SMILES string of the molecule is O=C(c1ccc(F)c(Br)c1)c1ccc2c(c1)C(=O)NCC2. The zero-order valence-corrected chi connectivity index (χ0v) is 12.5. The molecular weight excluding hydrogens is 337 g/mol. The molecule has 1 aliphatic rings. The lowest BCUT2D eigenvalue weighted by molar-refractivity contribution is 0.0946. The van der Waals surface area contributed by atoms with Gasteiger partial charge in [-0.1, -0.05) is 12.1 Å². The van der Waals surface area contributed by atoms with Crippen molar-refractivity contribution >= 4 is 27.6 Å². The molecule has 0 aromatic heterocycles. The fourth-order valence-corrected chi connectivity index (χ4v) is 2.74. The molecule has 3 nitrogen and oxygen atoms in total. The summed E-state index contributed by atoms with van der Waals surface area (Å²) in [6, 6.07) is 9.22. The standard InChI is InChI=1S/C16H11BrFNO2/c17-13-8-11(3-4-14(13)18)15(20)10-2-1-9-5-6-19-16(21)12(9)7-10/h1-4,7-8H,5-6H2,(H,19,21). The summed E-state index contributed by atoms with van der Waals surface area (Å²) >= 11 is 3.07. The topological polar surface area (TPSA) is 46.2 Å². The third-order valence-electron chi connectivity index (χ3n) is 3.48. The van der Waals surface area contributed by atoms with E-state index in [4.69, 9.17) is 0 Å². The first kappa shape index (κ1) is 13.9. The molecule has 0 saturated carbocycles. The van der Waals surface area contributed by atoms with Crippen molar-refractivity contribution < 1.29 is 14.0 Å². The molecule has 1 aliphatic heterocycles. The maximum atomic E-state index is 13.2. The number of nitrogens with one attached hydrogen (secondary N) is 1. The average Bonchev–Trinajstić information content (AvgIpc) is 2.49. The van der Waals surface area contributed by atoms with Crippen LogP contribution in [0.4, 0.5) is 4.39 Å². The van der Waals surface area contributed by atoms with Crippen LogP contribution >= 0.6 is 15.9 Å². The van der Waals surface area contributed by atoms with E-state index >= 15 is 0 Å². The second kappa shape index (κ2) is 5.41. The Morgan fingerprint density at radius 3 is 2.62 bits per heavy atom. The fourth-order valence-electron chi connectivity index (χ4n) is 2.36. The molecule has 5 heteroatoms. The Morgan fingerprint density at radius 2 is 1.86 bits per heavy atom. The number of benzene rings is 2. The molecule has 1 N–H and O–H groups in total. The zero-order chi connectivity index (χ0) is 15.0. The van der Waals surface area contributed by atoms with Gasteiger partial charge in [0.05, 0.1) is 4.47 Å². The van der Waals surface area contributed by atoms with E-state index in [1.54, 1.807) is 18.2 Å². The van der Waals surface area contributed by atoms with Crippen molar-refractivity contribution in [3.63, 3.8) is 0 Å². The summed E-state index contributed by atoms with van der Waals surface area (Å²) in [4.78, 5) is 24.2. The average molecular weight is 348 g/mol. The number of fused-ring (bicyclic) bond motifs is 1. The van der Waals surface area contributed by atoms with Crippen LogP contribution in [-0.4, -0.2) is 18.2 Å². The Labute approximate surface area is 129 Å². The van der Waals surface area contributed by atoms with Gasteiger partial charge in [-0.05, 0) is 52.2 Å². The number of rotatable bonds is 2. The predicted molar refractivity (Wildman–Crippen MR) is 80.0 cm³/mol. The van der Waals surface area contributed by atoms with Gasteiger partial charge in [0.2, 0.25) is 0 Å². The van der Waals surface area contributed by atoms with Crippen molar-refractivity contribution in [1.29, 1.82) is 0 Å². The summed E-state index contributed by atoms with van der Waals surface area (Å²) in [6.45, 7) is 0.615. The minimum absolute atomic E-state index is 0.161. The molecule has 0 unspecified atom stereocenters. The van der Waals surface area contributed by atoms with Gasteiger partial charge in [0, 0.05) is 23.2 Å². The Hall–Kier alpha value is -2.01. The van der Waals surface area contributed by atoms with Gasteiger partial charge in [-0.3, -0.25) is 9.59 Å². The number of hydrogen-bond acceptors (Lipinski definition) is 2. The molecule has 1 heterocycles. The van der Waals surface area contributed by atoms with E-state index in [1.807, 2.05) is 0 Å². The molecule has 0 bridgehead atoms. The number of amides is 1. The molecule has 0 saturated heterocycles. The van der Waals surface area contributed by atoms with Gasteiger partial charge in [0.25, 0.3) is 5.91 Å². The molecule has 3 rings (SSSR count). The minimum Gasteiger partial charge on any atom is -0.352 e. The summed E-state index contributed by atoms with van der Waals surface area (Å²) in [5, 5.41) is 2.75. The van der Waals surface area contributed by atoms with Crippen molar-refractivity contribution in [2.45, 2.75) is 6.42 Å². The van der Waals surface area contributed by atoms with Gasteiger partial charge in [0.15, 0.2) is 5.78 Å². The lowest BCUT2D eigenvalue weighted by Crippen LogP contribution is -2.32. The van der Waals surface area contributed by atoms with Crippen molar-refractivity contribution in [3.8, 4) is 0 Å². The third-order valence-corrected chi connectivity index (χ3v) is 4.09. The fraction of sp³-hybridized carbons (Fsp3) is 0.125. The first-order chi connectivity index (χ1) is 10.1. The van der Waals surface area contributed by atoms with Gasteiger partial charge in [-0.15, -0.1) is 0 Å². The summed E-state index contributed by atoms with van der Waals surface area (Å²) in [6.07, 6.45) is 0.762. The van der Waals surface area contributed by atoms with E-state index in [2.05, 4.69) is 21.2 Å². The monoisotopic (exact) mass is 347 g/mol. The van der Waals surface area contributed by atoms with Crippen LogP contribution in [0.5, 0.6) is 0 Å². The summed E-state index contributed by atoms with van der Waals surface area (Å²) in [5.74, 6) is -0.820. The molecule has 106 valence electrons. The van der Waals surface area contributed by atoms with E-state index in [0.717, 1.165) is 12.0 Å². The van der Waals surface area contributed by atoms with E-state index in [1.165, 1.54) is 18.2 Å². The second-order valence-corrected chi connectivity index (χ2v) is 5.69. The molecule has 0 atom stereocenters. The van der Waals surface area contributed by atoms with Gasteiger partial charge in [-0.25, -0.2) is 4.39 Å². The highest BCUT2D eigenvalue weighted by molar-refractivity contribution is 9.10. The van der Waals surface area contributed by atoms with E-state index in [-0.39, 0.29) is 16.2 Å². The second-order valence-electron chi connectivity index (χ2n) is 4.84. The van der Waals surface area contributed by atoms with Crippen molar-refractivity contribution in [2.75, 3.05) is 6.54 Å².